The Morgan fingerprint density at radius 3 is 2.44 bits per heavy atom. The molecule has 1 saturated carbocycles. The third-order valence-corrected chi connectivity index (χ3v) is 4.51. The van der Waals surface area contributed by atoms with E-state index >= 15 is 0 Å². The molecule has 1 fully saturated rings. The number of nitrogens with zero attached hydrogens (tertiary/aromatic N) is 2. The van der Waals surface area contributed by atoms with Gasteiger partial charge in [-0.1, -0.05) is 12.8 Å². The molecule has 1 aliphatic carbocycles. The van der Waals surface area contributed by atoms with E-state index in [2.05, 4.69) is 20.9 Å². The van der Waals surface area contributed by atoms with E-state index in [1.807, 2.05) is 13.8 Å². The van der Waals surface area contributed by atoms with E-state index in [0.29, 0.717) is 17.6 Å². The summed E-state index contributed by atoms with van der Waals surface area (Å²) in [6.45, 7) is 3.90. The van der Waals surface area contributed by atoms with Gasteiger partial charge in [-0.2, -0.15) is 0 Å². The van der Waals surface area contributed by atoms with Crippen LogP contribution in [0.2, 0.25) is 0 Å². The van der Waals surface area contributed by atoms with Gasteiger partial charge in [-0.15, -0.1) is 0 Å². The van der Waals surface area contributed by atoms with Crippen LogP contribution in [0.1, 0.15) is 57.0 Å². The molecule has 1 aromatic heterocycles. The normalized spacial score (nSPS) is 17.3. The van der Waals surface area contributed by atoms with Crippen LogP contribution in [0.3, 0.4) is 0 Å². The van der Waals surface area contributed by atoms with Crippen LogP contribution in [0, 0.1) is 0 Å². The lowest BCUT2D eigenvalue weighted by Crippen LogP contribution is -2.25. The van der Waals surface area contributed by atoms with E-state index in [9.17, 15) is 0 Å². The summed E-state index contributed by atoms with van der Waals surface area (Å²) in [5.74, 6) is 1.66. The van der Waals surface area contributed by atoms with Crippen molar-refractivity contribution in [3.63, 3.8) is 0 Å². The Morgan fingerprint density at radius 1 is 1.28 bits per heavy atom. The zero-order chi connectivity index (χ0) is 13.3. The number of rotatable bonds is 3. The smallest absolute Gasteiger partial charge is 0.162 e. The molecule has 0 aliphatic heterocycles. The lowest BCUT2D eigenvalue weighted by Gasteiger charge is -2.23. The van der Waals surface area contributed by atoms with Crippen LogP contribution in [0.5, 0.6) is 0 Å². The quantitative estimate of drug-likeness (QED) is 0.929. The van der Waals surface area contributed by atoms with Crippen molar-refractivity contribution in [2.45, 2.75) is 51.0 Å². The molecule has 0 radical (unpaired) electrons. The highest BCUT2D eigenvalue weighted by molar-refractivity contribution is 9.10. The molecule has 0 saturated heterocycles. The third kappa shape index (κ3) is 2.52. The van der Waals surface area contributed by atoms with Crippen molar-refractivity contribution >= 4 is 21.7 Å². The van der Waals surface area contributed by atoms with Gasteiger partial charge in [0.15, 0.2) is 5.82 Å². The first-order valence-electron chi connectivity index (χ1n) is 6.34. The molecule has 2 N–H and O–H groups in total. The van der Waals surface area contributed by atoms with Crippen LogP contribution >= 0.6 is 15.9 Å². The summed E-state index contributed by atoms with van der Waals surface area (Å²) in [4.78, 5) is 9.04. The number of nitrogen functional groups attached to an aromatic ring is 1. The molecule has 0 unspecified atom stereocenters. The monoisotopic (exact) mass is 313 g/mol. The molecular weight excluding hydrogens is 294 g/mol. The molecule has 1 aromatic rings. The number of hydrogen-bond donors (Lipinski definition) is 1. The van der Waals surface area contributed by atoms with Gasteiger partial charge in [0.05, 0.1) is 10.2 Å². The zero-order valence-corrected chi connectivity index (χ0v) is 12.7. The Balaban J connectivity index is 2.45. The number of anilines is 1. The van der Waals surface area contributed by atoms with Gasteiger partial charge in [-0.05, 0) is 42.6 Å². The van der Waals surface area contributed by atoms with Crippen LogP contribution in [-0.2, 0) is 10.3 Å². The summed E-state index contributed by atoms with van der Waals surface area (Å²) in [5, 5.41) is 0. The van der Waals surface area contributed by atoms with Crippen molar-refractivity contribution in [3.8, 4) is 0 Å². The SMILES string of the molecule is COC(C)(C)c1nc(N)c(Br)c(C2CCCC2)n1. The maximum atomic E-state index is 5.99. The van der Waals surface area contributed by atoms with Crippen molar-refractivity contribution < 1.29 is 4.74 Å². The molecule has 1 heterocycles. The number of ether oxygens (including phenoxy) is 1. The average molecular weight is 314 g/mol. The molecule has 18 heavy (non-hydrogen) atoms. The summed E-state index contributed by atoms with van der Waals surface area (Å²) in [6, 6.07) is 0. The molecular formula is C13H20BrN3O. The van der Waals surface area contributed by atoms with E-state index in [1.54, 1.807) is 7.11 Å². The molecule has 100 valence electrons. The van der Waals surface area contributed by atoms with Gasteiger partial charge in [-0.25, -0.2) is 9.97 Å². The fourth-order valence-electron chi connectivity index (χ4n) is 2.31. The first kappa shape index (κ1) is 13.7. The molecule has 0 bridgehead atoms. The minimum absolute atomic E-state index is 0.496. The largest absolute Gasteiger partial charge is 0.383 e. The summed E-state index contributed by atoms with van der Waals surface area (Å²) in [6.07, 6.45) is 4.90. The average Bonchev–Trinajstić information content (AvgIpc) is 2.85. The van der Waals surface area contributed by atoms with Crippen molar-refractivity contribution in [2.24, 2.45) is 0 Å². The second-order valence-corrected chi connectivity index (χ2v) is 6.12. The van der Waals surface area contributed by atoms with Gasteiger partial charge in [0.1, 0.15) is 11.4 Å². The number of methoxy groups -OCH3 is 1. The Labute approximate surface area is 116 Å². The molecule has 1 aliphatic rings. The standard InChI is InChI=1S/C13H20BrN3O/c1-13(2,18-3)12-16-10(8-6-4-5-7-8)9(14)11(15)17-12/h8H,4-7H2,1-3H3,(H2,15,16,17). The van der Waals surface area contributed by atoms with Crippen LogP contribution < -0.4 is 5.73 Å². The van der Waals surface area contributed by atoms with Crippen LogP contribution in [0.15, 0.2) is 4.47 Å². The Bertz CT molecular complexity index is 442. The molecule has 4 nitrogen and oxygen atoms in total. The predicted octanol–water partition coefficient (Wildman–Crippen LogP) is 3.36. The Hall–Kier alpha value is -0.680. The van der Waals surface area contributed by atoms with E-state index < -0.39 is 5.60 Å². The summed E-state index contributed by atoms with van der Waals surface area (Å²) < 4.78 is 6.29. The molecule has 0 aromatic carbocycles. The number of hydrogen-bond acceptors (Lipinski definition) is 4. The third-order valence-electron chi connectivity index (χ3n) is 3.69. The first-order valence-corrected chi connectivity index (χ1v) is 7.13. The molecule has 0 spiro atoms. The Kier molecular flexibility index (Phi) is 3.92. The topological polar surface area (TPSA) is 61.0 Å². The lowest BCUT2D eigenvalue weighted by atomic mass is 10.0. The summed E-state index contributed by atoms with van der Waals surface area (Å²) >= 11 is 3.52. The van der Waals surface area contributed by atoms with Gasteiger partial charge in [0, 0.05) is 13.0 Å². The van der Waals surface area contributed by atoms with E-state index in [0.717, 1.165) is 10.2 Å². The molecule has 0 amide bonds. The Morgan fingerprint density at radius 2 is 1.89 bits per heavy atom. The van der Waals surface area contributed by atoms with Crippen LogP contribution in [0.4, 0.5) is 5.82 Å². The maximum Gasteiger partial charge on any atom is 0.162 e. The molecule has 5 heteroatoms. The second kappa shape index (κ2) is 5.13. The van der Waals surface area contributed by atoms with Gasteiger partial charge >= 0.3 is 0 Å². The molecule has 2 rings (SSSR count). The summed E-state index contributed by atoms with van der Waals surface area (Å²) in [7, 11) is 1.66. The van der Waals surface area contributed by atoms with Crippen molar-refractivity contribution in [1.29, 1.82) is 0 Å². The lowest BCUT2D eigenvalue weighted by molar-refractivity contribution is 0.0113. The molecule has 0 atom stereocenters. The minimum Gasteiger partial charge on any atom is -0.383 e. The number of nitrogens with two attached hydrogens (primary N) is 1. The second-order valence-electron chi connectivity index (χ2n) is 5.33. The summed E-state index contributed by atoms with van der Waals surface area (Å²) in [5.41, 5.74) is 6.52. The highest BCUT2D eigenvalue weighted by atomic mass is 79.9. The van der Waals surface area contributed by atoms with Gasteiger partial charge in [0.2, 0.25) is 0 Å². The first-order chi connectivity index (χ1) is 8.45. The van der Waals surface area contributed by atoms with Gasteiger partial charge < -0.3 is 10.5 Å². The van der Waals surface area contributed by atoms with Gasteiger partial charge in [-0.3, -0.25) is 0 Å². The number of halogens is 1. The van der Waals surface area contributed by atoms with E-state index in [1.165, 1.54) is 25.7 Å². The van der Waals surface area contributed by atoms with E-state index in [-0.39, 0.29) is 0 Å². The van der Waals surface area contributed by atoms with Crippen LogP contribution in [-0.4, -0.2) is 17.1 Å². The fourth-order valence-corrected chi connectivity index (χ4v) is 2.81. The maximum absolute atomic E-state index is 5.99. The van der Waals surface area contributed by atoms with E-state index in [4.69, 9.17) is 15.5 Å². The highest BCUT2D eigenvalue weighted by Crippen LogP contribution is 2.39. The van der Waals surface area contributed by atoms with Crippen molar-refractivity contribution in [3.05, 3.63) is 16.0 Å². The predicted molar refractivity (Wildman–Crippen MR) is 75.4 cm³/mol. The van der Waals surface area contributed by atoms with Crippen molar-refractivity contribution in [2.75, 3.05) is 12.8 Å². The van der Waals surface area contributed by atoms with Crippen LogP contribution in [0.25, 0.3) is 0 Å². The van der Waals surface area contributed by atoms with Crippen molar-refractivity contribution in [1.82, 2.24) is 9.97 Å². The minimum atomic E-state index is -0.512. The zero-order valence-electron chi connectivity index (χ0n) is 11.2. The highest BCUT2D eigenvalue weighted by Gasteiger charge is 2.28. The van der Waals surface area contributed by atoms with Gasteiger partial charge in [0.25, 0.3) is 0 Å². The number of aromatic nitrogens is 2. The fraction of sp³-hybridized carbons (Fsp3) is 0.692.